The summed E-state index contributed by atoms with van der Waals surface area (Å²) < 4.78 is 2.47. The van der Waals surface area contributed by atoms with E-state index in [0.717, 1.165) is 13.2 Å². The molecule has 3 nitrogen and oxygen atoms in total. The summed E-state index contributed by atoms with van der Waals surface area (Å²) in [5.41, 5.74) is 7.88. The Hall–Kier alpha value is -3.72. The maximum atomic E-state index is 2.53. The molecule has 0 saturated carbocycles. The van der Waals surface area contributed by atoms with Gasteiger partial charge in [-0.25, -0.2) is 0 Å². The van der Waals surface area contributed by atoms with Crippen LogP contribution in [0.15, 0.2) is 84.9 Å². The van der Waals surface area contributed by atoms with Gasteiger partial charge in [0.1, 0.15) is 0 Å². The normalized spacial score (nSPS) is 13.9. The monoisotopic (exact) mass is 415 g/mol. The van der Waals surface area contributed by atoms with E-state index in [1.54, 1.807) is 0 Å². The van der Waals surface area contributed by atoms with Crippen molar-refractivity contribution >= 4 is 55.2 Å². The predicted octanol–water partition coefficient (Wildman–Crippen LogP) is 7.55. The Balaban J connectivity index is 1.53. The largest absolute Gasteiger partial charge is 0.352 e. The van der Waals surface area contributed by atoms with E-state index in [9.17, 15) is 0 Å². The van der Waals surface area contributed by atoms with E-state index in [1.165, 1.54) is 68.0 Å². The van der Waals surface area contributed by atoms with Gasteiger partial charge in [0.15, 0.2) is 0 Å². The van der Waals surface area contributed by atoms with Crippen LogP contribution >= 0.6 is 0 Å². The SMILES string of the molecule is CCCCN1CN(c2cccc3c2c2cccc4c5ccccc5n3c42)c2ccccc21. The summed E-state index contributed by atoms with van der Waals surface area (Å²) in [7, 11) is 0. The first-order valence-electron chi connectivity index (χ1n) is 11.6. The second kappa shape index (κ2) is 6.64. The van der Waals surface area contributed by atoms with E-state index in [-0.39, 0.29) is 0 Å². The van der Waals surface area contributed by atoms with E-state index in [0.29, 0.717) is 0 Å². The van der Waals surface area contributed by atoms with Crippen molar-refractivity contribution in [2.75, 3.05) is 23.0 Å². The van der Waals surface area contributed by atoms with Crippen LogP contribution in [0.2, 0.25) is 0 Å². The van der Waals surface area contributed by atoms with Gasteiger partial charge in [-0.15, -0.1) is 0 Å². The molecule has 0 radical (unpaired) electrons. The highest BCUT2D eigenvalue weighted by atomic mass is 15.4. The second-order valence-corrected chi connectivity index (χ2v) is 8.90. The minimum atomic E-state index is 0.904. The number of unbranched alkanes of at least 4 members (excludes halogenated alkanes) is 1. The van der Waals surface area contributed by atoms with Gasteiger partial charge >= 0.3 is 0 Å². The van der Waals surface area contributed by atoms with Crippen molar-refractivity contribution in [3.63, 3.8) is 0 Å². The Labute approximate surface area is 187 Å². The van der Waals surface area contributed by atoms with Crippen molar-refractivity contribution in [2.45, 2.75) is 19.8 Å². The van der Waals surface area contributed by atoms with Crippen LogP contribution in [-0.2, 0) is 0 Å². The first-order chi connectivity index (χ1) is 15.9. The third kappa shape index (κ3) is 2.26. The van der Waals surface area contributed by atoms with E-state index in [4.69, 9.17) is 0 Å². The van der Waals surface area contributed by atoms with Crippen LogP contribution in [0.1, 0.15) is 19.8 Å². The zero-order valence-electron chi connectivity index (χ0n) is 18.3. The van der Waals surface area contributed by atoms with Crippen LogP contribution < -0.4 is 9.80 Å². The molecule has 7 rings (SSSR count). The lowest BCUT2D eigenvalue weighted by molar-refractivity contribution is 0.736. The van der Waals surface area contributed by atoms with E-state index >= 15 is 0 Å². The Kier molecular flexibility index (Phi) is 3.71. The van der Waals surface area contributed by atoms with Crippen LogP contribution in [0.3, 0.4) is 0 Å². The topological polar surface area (TPSA) is 10.9 Å². The molecule has 0 bridgehead atoms. The molecule has 0 N–H and O–H groups in total. The Bertz CT molecular complexity index is 1610. The number of rotatable bonds is 4. The zero-order chi connectivity index (χ0) is 21.2. The highest BCUT2D eigenvalue weighted by Crippen LogP contribution is 2.47. The molecule has 3 heterocycles. The summed E-state index contributed by atoms with van der Waals surface area (Å²) in [6.07, 6.45) is 2.43. The number of nitrogens with zero attached hydrogens (tertiary/aromatic N) is 3. The fraction of sp³-hybridized carbons (Fsp3) is 0.172. The van der Waals surface area contributed by atoms with E-state index in [1.807, 2.05) is 0 Å². The molecule has 2 aromatic heterocycles. The first-order valence-corrected chi connectivity index (χ1v) is 11.6. The summed E-state index contributed by atoms with van der Waals surface area (Å²) in [6.45, 7) is 4.27. The number of para-hydroxylation sites is 4. The summed E-state index contributed by atoms with van der Waals surface area (Å²) in [4.78, 5) is 5.04. The van der Waals surface area contributed by atoms with Crippen LogP contribution in [0.5, 0.6) is 0 Å². The molecule has 32 heavy (non-hydrogen) atoms. The number of fused-ring (bicyclic) bond motifs is 7. The number of anilines is 3. The van der Waals surface area contributed by atoms with Gasteiger partial charge in [0.25, 0.3) is 0 Å². The Morgan fingerprint density at radius 3 is 2.25 bits per heavy atom. The molecule has 0 amide bonds. The van der Waals surface area contributed by atoms with Gasteiger partial charge in [-0.05, 0) is 36.8 Å². The highest BCUT2D eigenvalue weighted by molar-refractivity contribution is 6.26. The number of hydrogen-bond acceptors (Lipinski definition) is 2. The van der Waals surface area contributed by atoms with Crippen molar-refractivity contribution in [1.82, 2.24) is 4.40 Å². The summed E-state index contributed by atoms with van der Waals surface area (Å²) >= 11 is 0. The molecule has 0 saturated heterocycles. The van der Waals surface area contributed by atoms with Crippen molar-refractivity contribution in [2.24, 2.45) is 0 Å². The van der Waals surface area contributed by atoms with Gasteiger partial charge in [0.2, 0.25) is 0 Å². The summed E-state index contributed by atoms with van der Waals surface area (Å²) in [6, 6.07) is 31.2. The molecule has 0 fully saturated rings. The van der Waals surface area contributed by atoms with Crippen LogP contribution in [-0.4, -0.2) is 17.6 Å². The van der Waals surface area contributed by atoms with Gasteiger partial charge in [-0.3, -0.25) is 0 Å². The molecule has 4 aromatic carbocycles. The summed E-state index contributed by atoms with van der Waals surface area (Å²) in [5.74, 6) is 0. The third-order valence-corrected chi connectivity index (χ3v) is 7.12. The smallest absolute Gasteiger partial charge is 0.0953 e. The average molecular weight is 416 g/mol. The minimum absolute atomic E-state index is 0.904. The standard InChI is InChI=1S/C29H25N3/c1-2-3-18-30-19-31(25-15-7-6-14-24(25)30)26-16-9-17-27-28(26)22-12-8-11-21-20-10-4-5-13-23(20)32(27)29(21)22/h4-17H,2-3,18-19H2,1H3. The first kappa shape index (κ1) is 17.9. The van der Waals surface area contributed by atoms with Crippen molar-refractivity contribution < 1.29 is 0 Å². The molecule has 1 aliphatic rings. The molecule has 6 aromatic rings. The van der Waals surface area contributed by atoms with Gasteiger partial charge in [0, 0.05) is 28.1 Å². The molecule has 0 aliphatic carbocycles. The molecule has 156 valence electrons. The molecule has 3 heteroatoms. The minimum Gasteiger partial charge on any atom is -0.352 e. The zero-order valence-corrected chi connectivity index (χ0v) is 18.3. The number of hydrogen-bond donors (Lipinski definition) is 0. The van der Waals surface area contributed by atoms with Crippen molar-refractivity contribution in [3.05, 3.63) is 84.9 Å². The fourth-order valence-electron chi connectivity index (χ4n) is 5.72. The van der Waals surface area contributed by atoms with Crippen molar-refractivity contribution in [1.29, 1.82) is 0 Å². The van der Waals surface area contributed by atoms with Gasteiger partial charge in [0.05, 0.1) is 40.3 Å². The van der Waals surface area contributed by atoms with E-state index < -0.39 is 0 Å². The number of benzene rings is 4. The molecule has 0 unspecified atom stereocenters. The molecular formula is C29H25N3. The molecule has 1 aliphatic heterocycles. The highest BCUT2D eigenvalue weighted by Gasteiger charge is 2.28. The molecular weight excluding hydrogens is 390 g/mol. The lowest BCUT2D eigenvalue weighted by atomic mass is 10.1. The lowest BCUT2D eigenvalue weighted by Gasteiger charge is -2.22. The Morgan fingerprint density at radius 1 is 0.656 bits per heavy atom. The lowest BCUT2D eigenvalue weighted by Crippen LogP contribution is -2.28. The maximum absolute atomic E-state index is 2.53. The second-order valence-electron chi connectivity index (χ2n) is 8.90. The van der Waals surface area contributed by atoms with Crippen LogP contribution in [0.4, 0.5) is 17.1 Å². The fourth-order valence-corrected chi connectivity index (χ4v) is 5.72. The summed E-state index contributed by atoms with van der Waals surface area (Å²) in [5, 5.41) is 5.36. The Morgan fingerprint density at radius 2 is 1.34 bits per heavy atom. The van der Waals surface area contributed by atoms with E-state index in [2.05, 4.69) is 106 Å². The predicted molar refractivity (Wildman–Crippen MR) is 137 cm³/mol. The van der Waals surface area contributed by atoms with Gasteiger partial charge < -0.3 is 14.2 Å². The average Bonchev–Trinajstić information content (AvgIpc) is 3.50. The van der Waals surface area contributed by atoms with Crippen molar-refractivity contribution in [3.8, 4) is 0 Å². The van der Waals surface area contributed by atoms with Gasteiger partial charge in [-0.2, -0.15) is 0 Å². The molecule has 0 spiro atoms. The third-order valence-electron chi connectivity index (χ3n) is 7.12. The molecule has 0 atom stereocenters. The quantitative estimate of drug-likeness (QED) is 0.294. The maximum Gasteiger partial charge on any atom is 0.0953 e. The van der Waals surface area contributed by atoms with Crippen LogP contribution in [0, 0.1) is 0 Å². The van der Waals surface area contributed by atoms with Gasteiger partial charge in [-0.1, -0.05) is 67.9 Å². The number of aromatic nitrogens is 1. The van der Waals surface area contributed by atoms with Crippen LogP contribution in [0.25, 0.3) is 38.1 Å².